The Morgan fingerprint density at radius 2 is 2.00 bits per heavy atom. The highest BCUT2D eigenvalue weighted by molar-refractivity contribution is 7.13. The number of rotatable bonds is 3. The van der Waals surface area contributed by atoms with Crippen molar-refractivity contribution >= 4 is 23.2 Å². The number of pyridine rings is 1. The topological polar surface area (TPSA) is 97.1 Å². The lowest BCUT2D eigenvalue weighted by Crippen LogP contribution is -2.41. The van der Waals surface area contributed by atoms with E-state index < -0.39 is 11.8 Å². The molecule has 0 saturated heterocycles. The van der Waals surface area contributed by atoms with E-state index in [1.807, 2.05) is 12.1 Å². The fourth-order valence-electron chi connectivity index (χ4n) is 1.85. The first-order chi connectivity index (χ1) is 11.1. The minimum atomic E-state index is -0.502. The van der Waals surface area contributed by atoms with E-state index >= 15 is 0 Å². The quantitative estimate of drug-likeness (QED) is 0.718. The van der Waals surface area contributed by atoms with Gasteiger partial charge in [-0.25, -0.2) is 4.98 Å². The Morgan fingerprint density at radius 3 is 2.70 bits per heavy atom. The summed E-state index contributed by atoms with van der Waals surface area (Å²) in [5, 5.41) is 2.24. The molecule has 0 saturated carbocycles. The van der Waals surface area contributed by atoms with Gasteiger partial charge in [-0.15, -0.1) is 11.3 Å². The van der Waals surface area contributed by atoms with Crippen LogP contribution in [-0.2, 0) is 0 Å². The van der Waals surface area contributed by atoms with Crippen LogP contribution in [0.25, 0.3) is 10.7 Å². The monoisotopic (exact) mass is 328 g/mol. The lowest BCUT2D eigenvalue weighted by molar-refractivity contribution is 0.0843. The lowest BCUT2D eigenvalue weighted by Gasteiger charge is -2.04. The molecule has 3 aromatic rings. The molecule has 2 N–H and O–H groups in total. The molecule has 7 nitrogen and oxygen atoms in total. The molecule has 0 atom stereocenters. The number of thiazole rings is 1. The molecular weight excluding hydrogens is 316 g/mol. The number of nitrogens with one attached hydrogen (secondary N) is 2. The zero-order valence-electron chi connectivity index (χ0n) is 12.1. The SMILES string of the molecule is Cc1occc1C(=O)NNC(=O)c1csc(-c2ccccn2)n1. The zero-order valence-corrected chi connectivity index (χ0v) is 12.9. The maximum absolute atomic E-state index is 12.0. The Balaban J connectivity index is 1.64. The molecule has 3 aromatic heterocycles. The summed E-state index contributed by atoms with van der Waals surface area (Å²) in [6.45, 7) is 1.66. The van der Waals surface area contributed by atoms with E-state index in [4.69, 9.17) is 4.42 Å². The van der Waals surface area contributed by atoms with Crippen LogP contribution in [0.15, 0.2) is 46.5 Å². The first kappa shape index (κ1) is 14.9. The third-order valence-corrected chi connectivity index (χ3v) is 3.88. The van der Waals surface area contributed by atoms with Gasteiger partial charge in [-0.1, -0.05) is 6.07 Å². The highest BCUT2D eigenvalue weighted by atomic mass is 32.1. The first-order valence-corrected chi connectivity index (χ1v) is 7.55. The number of furan rings is 1. The Bertz CT molecular complexity index is 841. The molecule has 0 spiro atoms. The summed E-state index contributed by atoms with van der Waals surface area (Å²) in [7, 11) is 0. The van der Waals surface area contributed by atoms with Crippen molar-refractivity contribution in [3.05, 3.63) is 59.1 Å². The number of nitrogens with zero attached hydrogens (tertiary/aromatic N) is 2. The van der Waals surface area contributed by atoms with Crippen LogP contribution in [0.2, 0.25) is 0 Å². The van der Waals surface area contributed by atoms with Gasteiger partial charge in [0.2, 0.25) is 0 Å². The van der Waals surface area contributed by atoms with Crippen LogP contribution in [0.3, 0.4) is 0 Å². The van der Waals surface area contributed by atoms with Gasteiger partial charge in [0.1, 0.15) is 16.5 Å². The number of aryl methyl sites for hydroxylation is 1. The van der Waals surface area contributed by atoms with Crippen molar-refractivity contribution in [2.75, 3.05) is 0 Å². The molecule has 8 heteroatoms. The highest BCUT2D eigenvalue weighted by Gasteiger charge is 2.15. The van der Waals surface area contributed by atoms with Crippen molar-refractivity contribution in [2.24, 2.45) is 0 Å². The van der Waals surface area contributed by atoms with Crippen LogP contribution in [0.5, 0.6) is 0 Å². The van der Waals surface area contributed by atoms with Crippen LogP contribution < -0.4 is 10.9 Å². The van der Waals surface area contributed by atoms with Gasteiger partial charge in [0, 0.05) is 11.6 Å². The fraction of sp³-hybridized carbons (Fsp3) is 0.0667. The van der Waals surface area contributed by atoms with E-state index in [-0.39, 0.29) is 5.69 Å². The van der Waals surface area contributed by atoms with E-state index in [1.54, 1.807) is 24.6 Å². The summed E-state index contributed by atoms with van der Waals surface area (Å²) in [4.78, 5) is 32.3. The van der Waals surface area contributed by atoms with E-state index in [0.717, 1.165) is 0 Å². The number of hydrazine groups is 1. The Kier molecular flexibility index (Phi) is 4.15. The fourth-order valence-corrected chi connectivity index (χ4v) is 2.63. The molecule has 0 aliphatic heterocycles. The van der Waals surface area contributed by atoms with E-state index in [2.05, 4.69) is 20.8 Å². The number of carbonyl (C=O) groups is 2. The Hall–Kier alpha value is -3.00. The second kappa shape index (κ2) is 6.41. The number of hydrogen-bond acceptors (Lipinski definition) is 6. The van der Waals surface area contributed by atoms with Gasteiger partial charge in [0.15, 0.2) is 0 Å². The van der Waals surface area contributed by atoms with Gasteiger partial charge < -0.3 is 4.42 Å². The first-order valence-electron chi connectivity index (χ1n) is 6.67. The highest BCUT2D eigenvalue weighted by Crippen LogP contribution is 2.21. The van der Waals surface area contributed by atoms with Crippen molar-refractivity contribution in [2.45, 2.75) is 6.92 Å². The molecule has 0 unspecified atom stereocenters. The number of amides is 2. The normalized spacial score (nSPS) is 10.3. The summed E-state index contributed by atoms with van der Waals surface area (Å²) in [5.41, 5.74) is 5.90. The molecule has 0 radical (unpaired) electrons. The molecule has 3 rings (SSSR count). The average molecular weight is 328 g/mol. The van der Waals surface area contributed by atoms with E-state index in [1.165, 1.54) is 23.7 Å². The Morgan fingerprint density at radius 1 is 1.17 bits per heavy atom. The molecule has 0 aliphatic carbocycles. The molecular formula is C15H12N4O3S. The average Bonchev–Trinajstić information content (AvgIpc) is 3.22. The number of hydrogen-bond donors (Lipinski definition) is 2. The van der Waals surface area contributed by atoms with Crippen LogP contribution in [0.4, 0.5) is 0 Å². The zero-order chi connectivity index (χ0) is 16.2. The van der Waals surface area contributed by atoms with E-state index in [0.29, 0.717) is 22.0 Å². The standard InChI is InChI=1S/C15H12N4O3S/c1-9-10(5-7-22-9)13(20)18-19-14(21)12-8-23-15(17-12)11-4-2-3-6-16-11/h2-8H,1H3,(H,18,20)(H,19,21). The van der Waals surface area contributed by atoms with Gasteiger partial charge in [0.05, 0.1) is 17.5 Å². The van der Waals surface area contributed by atoms with Crippen LogP contribution >= 0.6 is 11.3 Å². The van der Waals surface area contributed by atoms with Crippen molar-refractivity contribution in [1.29, 1.82) is 0 Å². The number of carbonyl (C=O) groups excluding carboxylic acids is 2. The third kappa shape index (κ3) is 3.27. The summed E-state index contributed by atoms with van der Waals surface area (Å²) < 4.78 is 5.04. The summed E-state index contributed by atoms with van der Waals surface area (Å²) in [6, 6.07) is 6.98. The maximum Gasteiger partial charge on any atom is 0.289 e. The second-order valence-electron chi connectivity index (χ2n) is 4.55. The van der Waals surface area contributed by atoms with Crippen molar-refractivity contribution in [1.82, 2.24) is 20.8 Å². The van der Waals surface area contributed by atoms with Crippen LogP contribution in [-0.4, -0.2) is 21.8 Å². The second-order valence-corrected chi connectivity index (χ2v) is 5.41. The predicted octanol–water partition coefficient (Wildman–Crippen LogP) is 2.18. The summed E-state index contributed by atoms with van der Waals surface area (Å²) in [6.07, 6.45) is 3.07. The van der Waals surface area contributed by atoms with E-state index in [9.17, 15) is 9.59 Å². The number of aromatic nitrogens is 2. The predicted molar refractivity (Wildman–Crippen MR) is 83.7 cm³/mol. The molecule has 3 heterocycles. The van der Waals surface area contributed by atoms with Gasteiger partial charge >= 0.3 is 0 Å². The lowest BCUT2D eigenvalue weighted by atomic mass is 10.2. The summed E-state index contributed by atoms with van der Waals surface area (Å²) >= 11 is 1.30. The third-order valence-electron chi connectivity index (χ3n) is 3.01. The Labute approximate surface area is 135 Å². The molecule has 0 aliphatic rings. The van der Waals surface area contributed by atoms with Gasteiger partial charge in [-0.3, -0.25) is 25.4 Å². The van der Waals surface area contributed by atoms with Crippen molar-refractivity contribution in [3.8, 4) is 10.7 Å². The largest absolute Gasteiger partial charge is 0.469 e. The molecule has 2 amide bonds. The minimum absolute atomic E-state index is 0.208. The summed E-state index contributed by atoms with van der Waals surface area (Å²) in [5.74, 6) is -0.481. The molecule has 0 bridgehead atoms. The molecule has 0 aromatic carbocycles. The van der Waals surface area contributed by atoms with Gasteiger partial charge in [0.25, 0.3) is 11.8 Å². The van der Waals surface area contributed by atoms with Crippen molar-refractivity contribution < 1.29 is 14.0 Å². The maximum atomic E-state index is 12.0. The van der Waals surface area contributed by atoms with Gasteiger partial charge in [-0.05, 0) is 25.1 Å². The van der Waals surface area contributed by atoms with Crippen LogP contribution in [0.1, 0.15) is 26.6 Å². The minimum Gasteiger partial charge on any atom is -0.469 e. The van der Waals surface area contributed by atoms with Gasteiger partial charge in [-0.2, -0.15) is 0 Å². The smallest absolute Gasteiger partial charge is 0.289 e. The van der Waals surface area contributed by atoms with Crippen molar-refractivity contribution in [3.63, 3.8) is 0 Å². The molecule has 23 heavy (non-hydrogen) atoms. The van der Waals surface area contributed by atoms with Crippen LogP contribution in [0, 0.1) is 6.92 Å². The molecule has 0 fully saturated rings. The molecule has 116 valence electrons.